The lowest BCUT2D eigenvalue weighted by molar-refractivity contribution is -0.143. The number of aromatic amines is 1. The number of nitrogens with one attached hydrogen (secondary N) is 1. The number of esters is 1. The monoisotopic (exact) mass is 380 g/mol. The first-order chi connectivity index (χ1) is 13.8. The highest BCUT2D eigenvalue weighted by Gasteiger charge is 2.14. The van der Waals surface area contributed by atoms with Crippen molar-refractivity contribution in [3.63, 3.8) is 0 Å². The Morgan fingerprint density at radius 1 is 1.04 bits per heavy atom. The number of hydrogen-bond acceptors (Lipinski definition) is 5. The fourth-order valence-corrected chi connectivity index (χ4v) is 3.21. The van der Waals surface area contributed by atoms with Gasteiger partial charge in [0.05, 0.1) is 17.6 Å². The van der Waals surface area contributed by atoms with Gasteiger partial charge in [0.25, 0.3) is 0 Å². The maximum Gasteiger partial charge on any atom is 0.305 e. The van der Waals surface area contributed by atoms with Crippen molar-refractivity contribution in [3.8, 4) is 0 Å². The van der Waals surface area contributed by atoms with Gasteiger partial charge in [-0.3, -0.25) is 9.69 Å². The lowest BCUT2D eigenvalue weighted by Gasteiger charge is -2.20. The lowest BCUT2D eigenvalue weighted by Crippen LogP contribution is -2.20. The van der Waals surface area contributed by atoms with Gasteiger partial charge in [-0.15, -0.1) is 0 Å². The van der Waals surface area contributed by atoms with Crippen LogP contribution in [0.1, 0.15) is 45.4 Å². The highest BCUT2D eigenvalue weighted by Crippen LogP contribution is 2.24. The number of unbranched alkanes of at least 4 members (excludes halogenated alkanes) is 4. The van der Waals surface area contributed by atoms with Crippen molar-refractivity contribution in [1.29, 1.82) is 0 Å². The molecule has 148 valence electrons. The van der Waals surface area contributed by atoms with Crippen LogP contribution < -0.4 is 4.90 Å². The van der Waals surface area contributed by atoms with Crippen molar-refractivity contribution >= 4 is 28.8 Å². The average molecular weight is 380 g/mol. The fourth-order valence-electron chi connectivity index (χ4n) is 3.21. The van der Waals surface area contributed by atoms with E-state index in [-0.39, 0.29) is 5.97 Å². The third-order valence-electron chi connectivity index (χ3n) is 4.63. The molecule has 3 aromatic rings. The molecular formula is C22H28N4O2. The Labute approximate surface area is 166 Å². The third-order valence-corrected chi connectivity index (χ3v) is 4.63. The van der Waals surface area contributed by atoms with E-state index in [1.54, 1.807) is 6.20 Å². The fraction of sp³-hybridized carbons (Fsp3) is 0.409. The maximum atomic E-state index is 11.4. The zero-order chi connectivity index (χ0) is 19.6. The number of nitrogens with zero attached hydrogens (tertiary/aromatic N) is 3. The number of rotatable bonds is 11. The maximum absolute atomic E-state index is 11.4. The number of imidazole rings is 1. The summed E-state index contributed by atoms with van der Waals surface area (Å²) in [4.78, 5) is 26.1. The molecular weight excluding hydrogens is 352 g/mol. The Bertz CT molecular complexity index is 830. The molecule has 3 rings (SSSR count). The molecule has 0 spiro atoms. The van der Waals surface area contributed by atoms with E-state index in [1.165, 1.54) is 0 Å². The van der Waals surface area contributed by atoms with Crippen LogP contribution in [0, 0.1) is 0 Å². The molecule has 2 aromatic heterocycles. The summed E-state index contributed by atoms with van der Waals surface area (Å²) in [6.45, 7) is 3.14. The summed E-state index contributed by atoms with van der Waals surface area (Å²) in [6, 6.07) is 14.0. The van der Waals surface area contributed by atoms with E-state index < -0.39 is 0 Å². The molecule has 0 amide bonds. The summed E-state index contributed by atoms with van der Waals surface area (Å²) >= 11 is 0. The van der Waals surface area contributed by atoms with Crippen molar-refractivity contribution in [2.24, 2.45) is 0 Å². The van der Waals surface area contributed by atoms with Gasteiger partial charge in [0, 0.05) is 19.2 Å². The summed E-state index contributed by atoms with van der Waals surface area (Å²) in [6.07, 6.45) is 7.52. The van der Waals surface area contributed by atoms with Crippen LogP contribution in [0.15, 0.2) is 48.7 Å². The SMILES string of the molecule is CCOC(=O)CCCCCCCN(c1ccccn1)c1nc2ccccc2[nH]1. The van der Waals surface area contributed by atoms with Crippen LogP contribution in [0.25, 0.3) is 11.0 Å². The van der Waals surface area contributed by atoms with Gasteiger partial charge < -0.3 is 9.72 Å². The molecule has 0 saturated carbocycles. The number of pyridine rings is 1. The van der Waals surface area contributed by atoms with E-state index in [1.807, 2.05) is 49.4 Å². The Morgan fingerprint density at radius 3 is 2.61 bits per heavy atom. The summed E-state index contributed by atoms with van der Waals surface area (Å²) in [5, 5.41) is 0. The van der Waals surface area contributed by atoms with Crippen LogP contribution in [0.3, 0.4) is 0 Å². The number of fused-ring (bicyclic) bond motifs is 1. The molecule has 0 atom stereocenters. The molecule has 0 aliphatic heterocycles. The quantitative estimate of drug-likeness (QED) is 0.374. The number of anilines is 2. The van der Waals surface area contributed by atoms with Crippen molar-refractivity contribution in [3.05, 3.63) is 48.7 Å². The molecule has 6 nitrogen and oxygen atoms in total. The molecule has 2 heterocycles. The third kappa shape index (κ3) is 5.55. The molecule has 0 aliphatic rings. The number of para-hydroxylation sites is 2. The first-order valence-corrected chi connectivity index (χ1v) is 10.1. The molecule has 0 bridgehead atoms. The second-order valence-corrected chi connectivity index (χ2v) is 6.74. The van der Waals surface area contributed by atoms with Crippen molar-refractivity contribution in [2.75, 3.05) is 18.1 Å². The number of carbonyl (C=O) groups excluding carboxylic acids is 1. The molecule has 28 heavy (non-hydrogen) atoms. The van der Waals surface area contributed by atoms with Crippen LogP contribution in [0.2, 0.25) is 0 Å². The number of aromatic nitrogens is 3. The smallest absolute Gasteiger partial charge is 0.305 e. The Balaban J connectivity index is 1.53. The molecule has 1 N–H and O–H groups in total. The highest BCUT2D eigenvalue weighted by molar-refractivity contribution is 5.78. The normalized spacial score (nSPS) is 10.9. The molecule has 0 fully saturated rings. The van der Waals surface area contributed by atoms with Crippen LogP contribution in [0.5, 0.6) is 0 Å². The van der Waals surface area contributed by atoms with E-state index in [0.29, 0.717) is 13.0 Å². The molecule has 0 unspecified atom stereocenters. The Hall–Kier alpha value is -2.89. The second kappa shape index (κ2) is 10.4. The van der Waals surface area contributed by atoms with Crippen LogP contribution in [-0.4, -0.2) is 34.1 Å². The second-order valence-electron chi connectivity index (χ2n) is 6.74. The van der Waals surface area contributed by atoms with Crippen LogP contribution in [-0.2, 0) is 9.53 Å². The summed E-state index contributed by atoms with van der Waals surface area (Å²) < 4.78 is 4.96. The number of H-pyrrole nitrogens is 1. The summed E-state index contributed by atoms with van der Waals surface area (Å²) in [5.74, 6) is 1.62. The van der Waals surface area contributed by atoms with Gasteiger partial charge in [0.2, 0.25) is 5.95 Å². The molecule has 0 saturated heterocycles. The topological polar surface area (TPSA) is 71.1 Å². The standard InChI is InChI=1S/C22H28N4O2/c1-2-28-21(27)15-6-4-3-5-11-17-26(20-14-9-10-16-23-20)22-24-18-12-7-8-13-19(18)25-22/h7-10,12-14,16H,2-6,11,15,17H2,1H3,(H,24,25). The minimum Gasteiger partial charge on any atom is -0.466 e. The predicted molar refractivity (Wildman–Crippen MR) is 112 cm³/mol. The molecule has 1 aromatic carbocycles. The van der Waals surface area contributed by atoms with Crippen molar-refractivity contribution < 1.29 is 9.53 Å². The van der Waals surface area contributed by atoms with E-state index in [0.717, 1.165) is 61.4 Å². The van der Waals surface area contributed by atoms with Crippen molar-refractivity contribution in [2.45, 2.75) is 45.4 Å². The van der Waals surface area contributed by atoms with Crippen LogP contribution >= 0.6 is 0 Å². The van der Waals surface area contributed by atoms with Gasteiger partial charge >= 0.3 is 5.97 Å². The first kappa shape index (κ1) is 19.9. The number of carbonyl (C=O) groups is 1. The molecule has 0 radical (unpaired) electrons. The van der Waals surface area contributed by atoms with Crippen molar-refractivity contribution in [1.82, 2.24) is 15.0 Å². The van der Waals surface area contributed by atoms with Gasteiger partial charge in [-0.2, -0.15) is 0 Å². The number of ether oxygens (including phenoxy) is 1. The van der Waals surface area contributed by atoms with Gasteiger partial charge in [-0.1, -0.05) is 37.5 Å². The van der Waals surface area contributed by atoms with Crippen LogP contribution in [0.4, 0.5) is 11.8 Å². The van der Waals surface area contributed by atoms with E-state index >= 15 is 0 Å². The van der Waals surface area contributed by atoms with Gasteiger partial charge in [-0.05, 0) is 44.0 Å². The van der Waals surface area contributed by atoms with Gasteiger partial charge in [-0.25, -0.2) is 9.97 Å². The minimum atomic E-state index is -0.0892. The Kier molecular flexibility index (Phi) is 7.41. The molecule has 6 heteroatoms. The first-order valence-electron chi connectivity index (χ1n) is 10.1. The largest absolute Gasteiger partial charge is 0.466 e. The average Bonchev–Trinajstić information content (AvgIpc) is 3.14. The van der Waals surface area contributed by atoms with E-state index in [4.69, 9.17) is 9.72 Å². The number of hydrogen-bond donors (Lipinski definition) is 1. The van der Waals surface area contributed by atoms with Gasteiger partial charge in [0.1, 0.15) is 5.82 Å². The minimum absolute atomic E-state index is 0.0892. The molecule has 0 aliphatic carbocycles. The summed E-state index contributed by atoms with van der Waals surface area (Å²) in [5.41, 5.74) is 1.98. The zero-order valence-electron chi connectivity index (χ0n) is 16.4. The lowest BCUT2D eigenvalue weighted by atomic mass is 10.1. The van der Waals surface area contributed by atoms with Gasteiger partial charge in [0.15, 0.2) is 0 Å². The van der Waals surface area contributed by atoms with E-state index in [2.05, 4.69) is 14.9 Å². The predicted octanol–water partition coefficient (Wildman–Crippen LogP) is 5.00. The van der Waals surface area contributed by atoms with E-state index in [9.17, 15) is 4.79 Å². The zero-order valence-corrected chi connectivity index (χ0v) is 16.4. The Morgan fingerprint density at radius 2 is 1.82 bits per heavy atom. The summed E-state index contributed by atoms with van der Waals surface area (Å²) in [7, 11) is 0. The highest BCUT2D eigenvalue weighted by atomic mass is 16.5. The number of benzene rings is 1.